The highest BCUT2D eigenvalue weighted by molar-refractivity contribution is 7.99. The molecule has 0 amide bonds. The maximum absolute atomic E-state index is 12.8. The van der Waals surface area contributed by atoms with Gasteiger partial charge < -0.3 is 4.74 Å². The lowest BCUT2D eigenvalue weighted by Gasteiger charge is -2.10. The van der Waals surface area contributed by atoms with E-state index >= 15 is 0 Å². The van der Waals surface area contributed by atoms with E-state index in [-0.39, 0.29) is 5.56 Å². The van der Waals surface area contributed by atoms with E-state index in [2.05, 4.69) is 16.8 Å². The second kappa shape index (κ2) is 8.08. The first-order valence-electron chi connectivity index (χ1n) is 8.68. The van der Waals surface area contributed by atoms with Gasteiger partial charge in [0.2, 0.25) is 5.78 Å². The highest BCUT2D eigenvalue weighted by Crippen LogP contribution is 2.22. The summed E-state index contributed by atoms with van der Waals surface area (Å²) in [5, 5.41) is 10.5. The molecule has 0 saturated carbocycles. The van der Waals surface area contributed by atoms with E-state index in [1.807, 2.05) is 40.8 Å². The van der Waals surface area contributed by atoms with Gasteiger partial charge in [0.05, 0.1) is 17.5 Å². The van der Waals surface area contributed by atoms with Crippen LogP contribution in [-0.4, -0.2) is 31.5 Å². The minimum atomic E-state index is -0.0991. The molecule has 0 aliphatic carbocycles. The molecule has 0 saturated heterocycles. The molecule has 4 aromatic rings. The van der Waals surface area contributed by atoms with Crippen LogP contribution in [0.2, 0.25) is 5.02 Å². The van der Waals surface area contributed by atoms with Crippen molar-refractivity contribution in [3.8, 4) is 5.75 Å². The Morgan fingerprint density at radius 3 is 2.71 bits per heavy atom. The van der Waals surface area contributed by atoms with Gasteiger partial charge in [-0.1, -0.05) is 41.6 Å². The fourth-order valence-electron chi connectivity index (χ4n) is 2.94. The third-order valence-corrected chi connectivity index (χ3v) is 5.33. The van der Waals surface area contributed by atoms with Gasteiger partial charge in [0.25, 0.3) is 5.56 Å². The molecule has 4 rings (SSSR count). The molecule has 2 aromatic heterocycles. The minimum absolute atomic E-state index is 0.0991. The Bertz CT molecular complexity index is 1200. The van der Waals surface area contributed by atoms with E-state index in [0.717, 1.165) is 11.3 Å². The maximum Gasteiger partial charge on any atom is 0.263 e. The van der Waals surface area contributed by atoms with Crippen molar-refractivity contribution in [2.24, 2.45) is 0 Å². The van der Waals surface area contributed by atoms with Crippen LogP contribution in [0.1, 0.15) is 0 Å². The van der Waals surface area contributed by atoms with Crippen molar-refractivity contribution in [2.45, 2.75) is 11.7 Å². The second-order valence-electron chi connectivity index (χ2n) is 5.99. The summed E-state index contributed by atoms with van der Waals surface area (Å²) in [6.07, 6.45) is 1.68. The van der Waals surface area contributed by atoms with Gasteiger partial charge in [-0.05, 0) is 36.4 Å². The van der Waals surface area contributed by atoms with Crippen LogP contribution < -0.4 is 10.3 Å². The van der Waals surface area contributed by atoms with Crippen LogP contribution in [0, 0.1) is 0 Å². The van der Waals surface area contributed by atoms with Crippen molar-refractivity contribution < 1.29 is 4.74 Å². The SMILES string of the molecule is C=CCn1c(=O)c2ccccc2n2c(SCCOc3ccc(Cl)cc3)nnc12. The lowest BCUT2D eigenvalue weighted by atomic mass is 10.2. The highest BCUT2D eigenvalue weighted by Gasteiger charge is 2.16. The zero-order valence-corrected chi connectivity index (χ0v) is 16.5. The number of benzene rings is 2. The first-order chi connectivity index (χ1) is 13.7. The Kier molecular flexibility index (Phi) is 5.36. The molecule has 6 nitrogen and oxygen atoms in total. The molecule has 0 bridgehead atoms. The third-order valence-electron chi connectivity index (χ3n) is 4.19. The molecule has 0 unspecified atom stereocenters. The van der Waals surface area contributed by atoms with Crippen LogP contribution in [0.5, 0.6) is 5.75 Å². The summed E-state index contributed by atoms with van der Waals surface area (Å²) in [4.78, 5) is 12.8. The molecule has 0 aliphatic heterocycles. The van der Waals surface area contributed by atoms with Crippen LogP contribution in [0.25, 0.3) is 16.7 Å². The van der Waals surface area contributed by atoms with Crippen molar-refractivity contribution in [1.82, 2.24) is 19.2 Å². The van der Waals surface area contributed by atoms with Crippen molar-refractivity contribution in [1.29, 1.82) is 0 Å². The Morgan fingerprint density at radius 1 is 1.14 bits per heavy atom. The first-order valence-corrected chi connectivity index (χ1v) is 10.0. The fourth-order valence-corrected chi connectivity index (χ4v) is 3.83. The Morgan fingerprint density at radius 2 is 1.93 bits per heavy atom. The van der Waals surface area contributed by atoms with Crippen molar-refractivity contribution in [3.63, 3.8) is 0 Å². The minimum Gasteiger partial charge on any atom is -0.493 e. The zero-order valence-electron chi connectivity index (χ0n) is 14.9. The standard InChI is InChI=1S/C20H17ClN4O2S/c1-2-11-24-18(26)16-5-3-4-6-17(16)25-19(24)22-23-20(25)28-13-12-27-15-9-7-14(21)8-10-15/h2-10H,1,11-13H2. The number of fused-ring (bicyclic) bond motifs is 3. The third kappa shape index (κ3) is 3.50. The van der Waals surface area contributed by atoms with E-state index in [4.69, 9.17) is 16.3 Å². The van der Waals surface area contributed by atoms with Crippen LogP contribution in [0.4, 0.5) is 0 Å². The number of halogens is 1. The highest BCUT2D eigenvalue weighted by atomic mass is 35.5. The second-order valence-corrected chi connectivity index (χ2v) is 7.49. The average Bonchev–Trinajstić information content (AvgIpc) is 3.14. The topological polar surface area (TPSA) is 61.4 Å². The predicted octanol–water partition coefficient (Wildman–Crippen LogP) is 4.05. The molecule has 0 radical (unpaired) electrons. The zero-order chi connectivity index (χ0) is 19.5. The van der Waals surface area contributed by atoms with E-state index < -0.39 is 0 Å². The first kappa shape index (κ1) is 18.6. The summed E-state index contributed by atoms with van der Waals surface area (Å²) < 4.78 is 9.22. The van der Waals surface area contributed by atoms with Gasteiger partial charge in [0, 0.05) is 17.3 Å². The van der Waals surface area contributed by atoms with Crippen LogP contribution in [0.15, 0.2) is 71.1 Å². The number of nitrogens with zero attached hydrogens (tertiary/aromatic N) is 4. The molecule has 0 fully saturated rings. The summed E-state index contributed by atoms with van der Waals surface area (Å²) in [6, 6.07) is 14.7. The molecule has 0 atom stereocenters. The normalized spacial score (nSPS) is 11.2. The number of para-hydroxylation sites is 1. The molecule has 0 aliphatic rings. The number of hydrogen-bond acceptors (Lipinski definition) is 5. The quantitative estimate of drug-likeness (QED) is 0.260. The monoisotopic (exact) mass is 412 g/mol. The molecule has 2 aromatic carbocycles. The number of rotatable bonds is 7. The Labute approximate surface area is 170 Å². The smallest absolute Gasteiger partial charge is 0.263 e. The van der Waals surface area contributed by atoms with E-state index in [1.165, 1.54) is 11.8 Å². The van der Waals surface area contributed by atoms with Crippen molar-refractivity contribution in [2.75, 3.05) is 12.4 Å². The van der Waals surface area contributed by atoms with Gasteiger partial charge in [-0.2, -0.15) is 0 Å². The summed E-state index contributed by atoms with van der Waals surface area (Å²) >= 11 is 7.41. The van der Waals surface area contributed by atoms with Gasteiger partial charge >= 0.3 is 0 Å². The molecule has 2 heterocycles. The molecule has 0 N–H and O–H groups in total. The van der Waals surface area contributed by atoms with Crippen molar-refractivity contribution >= 4 is 40.0 Å². The van der Waals surface area contributed by atoms with Gasteiger partial charge in [0.15, 0.2) is 5.16 Å². The number of allylic oxidation sites excluding steroid dienone is 1. The Balaban J connectivity index is 1.62. The average molecular weight is 413 g/mol. The summed E-state index contributed by atoms with van der Waals surface area (Å²) in [7, 11) is 0. The molecule has 0 spiro atoms. The van der Waals surface area contributed by atoms with Gasteiger partial charge in [-0.15, -0.1) is 16.8 Å². The van der Waals surface area contributed by atoms with Crippen LogP contribution in [0.3, 0.4) is 0 Å². The van der Waals surface area contributed by atoms with E-state index in [9.17, 15) is 4.79 Å². The molecule has 8 heteroatoms. The van der Waals surface area contributed by atoms with E-state index in [0.29, 0.717) is 40.2 Å². The van der Waals surface area contributed by atoms with Crippen LogP contribution in [-0.2, 0) is 6.54 Å². The summed E-state index contributed by atoms with van der Waals surface area (Å²) in [6.45, 7) is 4.61. The number of aromatic nitrogens is 4. The fraction of sp³-hybridized carbons (Fsp3) is 0.150. The van der Waals surface area contributed by atoms with E-state index in [1.54, 1.807) is 22.8 Å². The van der Waals surface area contributed by atoms with Gasteiger partial charge in [-0.3, -0.25) is 13.8 Å². The molecular formula is C20H17ClN4O2S. The predicted molar refractivity (Wildman–Crippen MR) is 113 cm³/mol. The van der Waals surface area contributed by atoms with Gasteiger partial charge in [0.1, 0.15) is 5.75 Å². The molecule has 142 valence electrons. The largest absolute Gasteiger partial charge is 0.493 e. The summed E-state index contributed by atoms with van der Waals surface area (Å²) in [5.74, 6) is 1.95. The molecular weight excluding hydrogens is 396 g/mol. The number of ether oxygens (including phenoxy) is 1. The van der Waals surface area contributed by atoms with Crippen molar-refractivity contribution in [3.05, 3.63) is 76.6 Å². The maximum atomic E-state index is 12.8. The van der Waals surface area contributed by atoms with Crippen LogP contribution >= 0.6 is 23.4 Å². The summed E-state index contributed by atoms with van der Waals surface area (Å²) in [5.41, 5.74) is 0.687. The number of thioether (sulfide) groups is 1. The lowest BCUT2D eigenvalue weighted by molar-refractivity contribution is 0.344. The Hall–Kier alpha value is -2.77. The molecule has 28 heavy (non-hydrogen) atoms. The lowest BCUT2D eigenvalue weighted by Crippen LogP contribution is -2.22. The van der Waals surface area contributed by atoms with Gasteiger partial charge in [-0.25, -0.2) is 0 Å². The number of hydrogen-bond donors (Lipinski definition) is 0.